The lowest BCUT2D eigenvalue weighted by Gasteiger charge is -2.14. The first-order valence-electron chi connectivity index (χ1n) is 6.09. The Balaban J connectivity index is 2.01. The highest BCUT2D eigenvalue weighted by Gasteiger charge is 2.10. The second-order valence-corrected chi connectivity index (χ2v) is 4.43. The minimum atomic E-state index is -0.356. The van der Waals surface area contributed by atoms with Crippen LogP contribution in [0.3, 0.4) is 0 Å². The first-order chi connectivity index (χ1) is 9.10. The summed E-state index contributed by atoms with van der Waals surface area (Å²) in [6, 6.07) is 6.79. The highest BCUT2D eigenvalue weighted by Crippen LogP contribution is 2.22. The first kappa shape index (κ1) is 13.5. The molecule has 0 aliphatic heterocycles. The van der Waals surface area contributed by atoms with Gasteiger partial charge in [-0.05, 0) is 31.5 Å². The smallest absolute Gasteiger partial charge is 0.165 e. The maximum atomic E-state index is 13.3. The highest BCUT2D eigenvalue weighted by atomic mass is 19.1. The van der Waals surface area contributed by atoms with E-state index in [0.717, 1.165) is 17.0 Å². The lowest BCUT2D eigenvalue weighted by molar-refractivity contribution is 0.383. The molecule has 0 saturated heterocycles. The zero-order chi connectivity index (χ0) is 13.8. The van der Waals surface area contributed by atoms with Gasteiger partial charge in [0.1, 0.15) is 5.76 Å². The maximum Gasteiger partial charge on any atom is 0.165 e. The van der Waals surface area contributed by atoms with Crippen LogP contribution in [0.4, 0.5) is 4.39 Å². The Labute approximate surface area is 111 Å². The average Bonchev–Trinajstić information content (AvgIpc) is 2.82. The molecule has 1 aromatic heterocycles. The van der Waals surface area contributed by atoms with Crippen LogP contribution in [0.1, 0.15) is 30.0 Å². The molecule has 0 aliphatic rings. The fraction of sp³-hybridized carbons (Fsp3) is 0.357. The van der Waals surface area contributed by atoms with E-state index in [1.54, 1.807) is 12.1 Å². The molecule has 1 atom stereocenters. The third kappa shape index (κ3) is 3.32. The zero-order valence-corrected chi connectivity index (χ0v) is 11.2. The number of hydrogen-bond donors (Lipinski definition) is 1. The van der Waals surface area contributed by atoms with Crippen molar-refractivity contribution in [3.05, 3.63) is 47.1 Å². The van der Waals surface area contributed by atoms with E-state index < -0.39 is 0 Å². The van der Waals surface area contributed by atoms with E-state index in [-0.39, 0.29) is 17.6 Å². The Morgan fingerprint density at radius 3 is 2.84 bits per heavy atom. The van der Waals surface area contributed by atoms with Gasteiger partial charge in [0.25, 0.3) is 0 Å². The molecule has 1 aromatic carbocycles. The Morgan fingerprint density at radius 2 is 2.21 bits per heavy atom. The number of ether oxygens (including phenoxy) is 1. The van der Waals surface area contributed by atoms with E-state index in [9.17, 15) is 4.39 Å². The molecule has 2 rings (SSSR count). The van der Waals surface area contributed by atoms with Gasteiger partial charge in [0, 0.05) is 18.7 Å². The summed E-state index contributed by atoms with van der Waals surface area (Å²) in [6.45, 7) is 4.45. The van der Waals surface area contributed by atoms with Crippen LogP contribution in [0.15, 0.2) is 28.8 Å². The third-order valence-electron chi connectivity index (χ3n) is 2.94. The van der Waals surface area contributed by atoms with E-state index in [1.807, 2.05) is 19.9 Å². The molecule has 0 fully saturated rings. The van der Waals surface area contributed by atoms with Crippen molar-refractivity contribution in [3.8, 4) is 5.75 Å². The van der Waals surface area contributed by atoms with Crippen LogP contribution in [0.5, 0.6) is 5.75 Å². The summed E-state index contributed by atoms with van der Waals surface area (Å²) in [5.41, 5.74) is 1.80. The number of nitrogens with one attached hydrogen (secondary N) is 1. The van der Waals surface area contributed by atoms with Crippen molar-refractivity contribution in [2.75, 3.05) is 7.11 Å². The Bertz CT molecular complexity index is 554. The van der Waals surface area contributed by atoms with E-state index >= 15 is 0 Å². The summed E-state index contributed by atoms with van der Waals surface area (Å²) < 4.78 is 23.3. The Kier molecular flexibility index (Phi) is 4.16. The largest absolute Gasteiger partial charge is 0.494 e. The van der Waals surface area contributed by atoms with Gasteiger partial charge in [-0.1, -0.05) is 11.2 Å². The first-order valence-corrected chi connectivity index (χ1v) is 6.09. The molecule has 0 aliphatic carbocycles. The lowest BCUT2D eigenvalue weighted by Crippen LogP contribution is -2.18. The van der Waals surface area contributed by atoms with Crippen LogP contribution in [-0.4, -0.2) is 12.3 Å². The molecule has 102 valence electrons. The molecule has 1 N–H and O–H groups in total. The van der Waals surface area contributed by atoms with E-state index in [4.69, 9.17) is 9.26 Å². The van der Waals surface area contributed by atoms with Crippen molar-refractivity contribution >= 4 is 0 Å². The molecule has 1 unspecified atom stereocenters. The van der Waals surface area contributed by atoms with Gasteiger partial charge in [-0.25, -0.2) is 4.39 Å². The number of nitrogens with zero attached hydrogens (tertiary/aromatic N) is 1. The van der Waals surface area contributed by atoms with Crippen LogP contribution < -0.4 is 10.1 Å². The van der Waals surface area contributed by atoms with Crippen molar-refractivity contribution < 1.29 is 13.7 Å². The van der Waals surface area contributed by atoms with E-state index in [1.165, 1.54) is 13.2 Å². The second kappa shape index (κ2) is 5.84. The predicted molar refractivity (Wildman–Crippen MR) is 69.4 cm³/mol. The van der Waals surface area contributed by atoms with Gasteiger partial charge in [-0.15, -0.1) is 0 Å². The van der Waals surface area contributed by atoms with Crippen molar-refractivity contribution in [3.63, 3.8) is 0 Å². The predicted octanol–water partition coefficient (Wildman–Crippen LogP) is 2.98. The lowest BCUT2D eigenvalue weighted by atomic mass is 10.1. The SMILES string of the molecule is COc1cc(C(C)NCc2cc(C)on2)ccc1F. The van der Waals surface area contributed by atoms with Gasteiger partial charge in [0.15, 0.2) is 11.6 Å². The molecule has 5 heteroatoms. The molecular formula is C14H17FN2O2. The molecule has 0 amide bonds. The van der Waals surface area contributed by atoms with Gasteiger partial charge in [-0.3, -0.25) is 0 Å². The normalized spacial score (nSPS) is 12.4. The number of aromatic nitrogens is 1. The average molecular weight is 264 g/mol. The van der Waals surface area contributed by atoms with Crippen LogP contribution in [-0.2, 0) is 6.54 Å². The number of aryl methyl sites for hydroxylation is 1. The molecule has 0 saturated carbocycles. The number of hydrogen-bond acceptors (Lipinski definition) is 4. The summed E-state index contributed by atoms with van der Waals surface area (Å²) in [5, 5.41) is 7.21. The van der Waals surface area contributed by atoms with Crippen molar-refractivity contribution in [1.29, 1.82) is 0 Å². The van der Waals surface area contributed by atoms with Crippen LogP contribution in [0.25, 0.3) is 0 Å². The highest BCUT2D eigenvalue weighted by molar-refractivity contribution is 5.31. The summed E-state index contributed by atoms with van der Waals surface area (Å²) in [6.07, 6.45) is 0. The third-order valence-corrected chi connectivity index (χ3v) is 2.94. The topological polar surface area (TPSA) is 47.3 Å². The molecule has 0 bridgehead atoms. The number of rotatable bonds is 5. The summed E-state index contributed by atoms with van der Waals surface area (Å²) in [7, 11) is 1.46. The summed E-state index contributed by atoms with van der Waals surface area (Å²) in [4.78, 5) is 0. The molecule has 4 nitrogen and oxygen atoms in total. The van der Waals surface area contributed by atoms with Gasteiger partial charge in [-0.2, -0.15) is 0 Å². The Morgan fingerprint density at radius 1 is 1.42 bits per heavy atom. The minimum Gasteiger partial charge on any atom is -0.494 e. The second-order valence-electron chi connectivity index (χ2n) is 4.43. The zero-order valence-electron chi connectivity index (χ0n) is 11.2. The van der Waals surface area contributed by atoms with Crippen LogP contribution >= 0.6 is 0 Å². The maximum absolute atomic E-state index is 13.3. The fourth-order valence-electron chi connectivity index (χ4n) is 1.82. The van der Waals surface area contributed by atoms with Gasteiger partial charge >= 0.3 is 0 Å². The fourth-order valence-corrected chi connectivity index (χ4v) is 1.82. The standard InChI is InChI=1S/C14H17FN2O2/c1-9-6-12(17-19-9)8-16-10(2)11-4-5-13(15)14(7-11)18-3/h4-7,10,16H,8H2,1-3H3. The van der Waals surface area contributed by atoms with Crippen LogP contribution in [0.2, 0.25) is 0 Å². The summed E-state index contributed by atoms with van der Waals surface area (Å²) in [5.74, 6) is 0.682. The molecule has 2 aromatic rings. The monoisotopic (exact) mass is 264 g/mol. The molecule has 0 radical (unpaired) electrons. The minimum absolute atomic E-state index is 0.0616. The number of halogens is 1. The number of methoxy groups -OCH3 is 1. The van der Waals surface area contributed by atoms with E-state index in [0.29, 0.717) is 6.54 Å². The van der Waals surface area contributed by atoms with Gasteiger partial charge in [0.2, 0.25) is 0 Å². The van der Waals surface area contributed by atoms with Crippen molar-refractivity contribution in [2.24, 2.45) is 0 Å². The summed E-state index contributed by atoms with van der Waals surface area (Å²) >= 11 is 0. The quantitative estimate of drug-likeness (QED) is 0.901. The molecule has 0 spiro atoms. The van der Waals surface area contributed by atoms with Crippen LogP contribution in [0, 0.1) is 12.7 Å². The Hall–Kier alpha value is -1.88. The van der Waals surface area contributed by atoms with Gasteiger partial charge in [0.05, 0.1) is 12.8 Å². The van der Waals surface area contributed by atoms with Gasteiger partial charge < -0.3 is 14.6 Å². The van der Waals surface area contributed by atoms with Crippen molar-refractivity contribution in [2.45, 2.75) is 26.4 Å². The number of benzene rings is 1. The van der Waals surface area contributed by atoms with Crippen molar-refractivity contribution in [1.82, 2.24) is 10.5 Å². The molecule has 19 heavy (non-hydrogen) atoms. The molecule has 1 heterocycles. The molecular weight excluding hydrogens is 247 g/mol. The van der Waals surface area contributed by atoms with E-state index in [2.05, 4.69) is 10.5 Å².